The molecule has 0 spiro atoms. The molecule has 0 N–H and O–H groups in total. The Morgan fingerprint density at radius 2 is 1.67 bits per heavy atom. The van der Waals surface area contributed by atoms with Crippen LogP contribution in [0.5, 0.6) is 0 Å². The van der Waals surface area contributed by atoms with E-state index in [1.165, 1.54) is 11.1 Å². The van der Waals surface area contributed by atoms with Crippen molar-refractivity contribution < 1.29 is 33.3 Å². The van der Waals surface area contributed by atoms with Gasteiger partial charge in [-0.05, 0) is 19.4 Å². The number of aryl methyl sites for hydroxylation is 2. The fraction of sp³-hybridized carbons (Fsp3) is 0.444. The largest absolute Gasteiger partial charge is 0.331 e. The minimum Gasteiger partial charge on any atom is -0.222 e. The average molecular weight is 237 g/mol. The van der Waals surface area contributed by atoms with Crippen molar-refractivity contribution in [3.05, 3.63) is 29.2 Å². The molecule has 0 aliphatic rings. The first kappa shape index (κ1) is 14.3. The summed E-state index contributed by atoms with van der Waals surface area (Å²) in [7, 11) is -4.94. The smallest absolute Gasteiger partial charge is 0.222 e. The molecule has 0 amide bonds. The zero-order chi connectivity index (χ0) is 12.1. The number of halogens is 1. The predicted octanol–water partition coefficient (Wildman–Crippen LogP) is -2.02. The van der Waals surface area contributed by atoms with E-state index < -0.39 is 10.2 Å². The normalized spacial score (nSPS) is 10.6. The molecule has 5 nitrogen and oxygen atoms in total. The minimum atomic E-state index is -4.94. The molecule has 1 heterocycles. The minimum absolute atomic E-state index is 0.980. The third-order valence-electron chi connectivity index (χ3n) is 1.86. The van der Waals surface area contributed by atoms with E-state index in [0.717, 1.165) is 12.2 Å². The van der Waals surface area contributed by atoms with Gasteiger partial charge in [0, 0.05) is 6.07 Å². The van der Waals surface area contributed by atoms with E-state index in [-0.39, 0.29) is 0 Å². The highest BCUT2D eigenvalue weighted by Crippen LogP contribution is 2.12. The summed E-state index contributed by atoms with van der Waals surface area (Å²) < 4.78 is 39.3. The Morgan fingerprint density at radius 3 is 2.00 bits per heavy atom. The highest BCUT2D eigenvalue weighted by atomic mass is 35.7. The SMILES string of the molecule is CCc1[o+]ccc(C)c1C.[O-][Cl+3]([O-])([O-])[O-]. The van der Waals surface area contributed by atoms with Crippen LogP contribution < -0.4 is 18.6 Å². The molecule has 15 heavy (non-hydrogen) atoms. The summed E-state index contributed by atoms with van der Waals surface area (Å²) in [6, 6.07) is 1.99. The zero-order valence-corrected chi connectivity index (χ0v) is 9.54. The number of hydrogen-bond donors (Lipinski definition) is 0. The van der Waals surface area contributed by atoms with Crippen LogP contribution in [0.4, 0.5) is 0 Å². The molecule has 0 aliphatic heterocycles. The Bertz CT molecular complexity index is 302. The maximum absolute atomic E-state index is 8.49. The van der Waals surface area contributed by atoms with Gasteiger partial charge < -0.3 is 0 Å². The van der Waals surface area contributed by atoms with Gasteiger partial charge in [0.05, 0.1) is 12.0 Å². The third-order valence-corrected chi connectivity index (χ3v) is 1.86. The summed E-state index contributed by atoms with van der Waals surface area (Å²) in [5.41, 5.74) is 2.59. The fourth-order valence-corrected chi connectivity index (χ4v) is 1.00. The van der Waals surface area contributed by atoms with Crippen LogP contribution >= 0.6 is 0 Å². The van der Waals surface area contributed by atoms with Gasteiger partial charge in [0.15, 0.2) is 0 Å². The van der Waals surface area contributed by atoms with Gasteiger partial charge in [-0.1, -0.05) is 6.92 Å². The van der Waals surface area contributed by atoms with Crippen molar-refractivity contribution in [1.82, 2.24) is 0 Å². The Morgan fingerprint density at radius 1 is 1.20 bits per heavy atom. The van der Waals surface area contributed by atoms with Crippen LogP contribution in [0, 0.1) is 24.1 Å². The van der Waals surface area contributed by atoms with E-state index in [4.69, 9.17) is 23.1 Å². The van der Waals surface area contributed by atoms with Gasteiger partial charge in [0.2, 0.25) is 0 Å². The molecule has 1 aromatic heterocycles. The molecule has 0 unspecified atom stereocenters. The van der Waals surface area contributed by atoms with Crippen LogP contribution in [-0.2, 0) is 6.42 Å². The molecule has 6 heteroatoms. The van der Waals surface area contributed by atoms with Crippen molar-refractivity contribution in [3.8, 4) is 0 Å². The van der Waals surface area contributed by atoms with Crippen molar-refractivity contribution >= 4 is 0 Å². The van der Waals surface area contributed by atoms with E-state index in [2.05, 4.69) is 20.8 Å². The number of rotatable bonds is 1. The van der Waals surface area contributed by atoms with Crippen LogP contribution in [0.3, 0.4) is 0 Å². The highest BCUT2D eigenvalue weighted by molar-refractivity contribution is 5.24. The van der Waals surface area contributed by atoms with Crippen LogP contribution in [0.15, 0.2) is 16.7 Å². The van der Waals surface area contributed by atoms with Crippen LogP contribution in [0.25, 0.3) is 0 Å². The van der Waals surface area contributed by atoms with Crippen molar-refractivity contribution in [2.75, 3.05) is 0 Å². The number of hydrogen-bond acceptors (Lipinski definition) is 4. The molecule has 0 saturated carbocycles. The molecule has 0 saturated heterocycles. The average Bonchev–Trinajstić information content (AvgIpc) is 2.07. The summed E-state index contributed by atoms with van der Waals surface area (Å²) in [4.78, 5) is 0. The van der Waals surface area contributed by atoms with Crippen molar-refractivity contribution in [2.24, 2.45) is 0 Å². The lowest BCUT2D eigenvalue weighted by molar-refractivity contribution is -2.00. The summed E-state index contributed by atoms with van der Waals surface area (Å²) in [6.45, 7) is 6.30. The maximum atomic E-state index is 8.49. The zero-order valence-electron chi connectivity index (χ0n) is 8.78. The van der Waals surface area contributed by atoms with Crippen molar-refractivity contribution in [3.63, 3.8) is 0 Å². The second kappa shape index (κ2) is 5.99. The second-order valence-electron chi connectivity index (χ2n) is 2.88. The molecule has 0 atom stereocenters. The highest BCUT2D eigenvalue weighted by Gasteiger charge is 2.09. The van der Waals surface area contributed by atoms with E-state index in [0.29, 0.717) is 0 Å². The summed E-state index contributed by atoms with van der Waals surface area (Å²) >= 11 is 0. The molecule has 86 valence electrons. The summed E-state index contributed by atoms with van der Waals surface area (Å²) in [5.74, 6) is 1.10. The maximum Gasteiger partial charge on any atom is 0.331 e. The van der Waals surface area contributed by atoms with E-state index in [1.54, 1.807) is 6.26 Å². The molecule has 0 aliphatic carbocycles. The van der Waals surface area contributed by atoms with Gasteiger partial charge in [-0.15, -0.1) is 10.2 Å². The first-order valence-electron chi connectivity index (χ1n) is 4.24. The second-order valence-corrected chi connectivity index (χ2v) is 3.64. The van der Waals surface area contributed by atoms with E-state index >= 15 is 0 Å². The van der Waals surface area contributed by atoms with Gasteiger partial charge in [0.1, 0.15) is 0 Å². The van der Waals surface area contributed by atoms with Crippen molar-refractivity contribution in [2.45, 2.75) is 27.2 Å². The van der Waals surface area contributed by atoms with Crippen LogP contribution in [-0.4, -0.2) is 0 Å². The molecular weight excluding hydrogens is 224 g/mol. The van der Waals surface area contributed by atoms with Gasteiger partial charge in [-0.25, -0.2) is 23.1 Å². The standard InChI is InChI=1S/C9H13O.ClHO4/c1-4-9-8(3)7(2)5-6-10-9;2-1(3,4)5/h5-6H,4H2,1-3H3;(H,2,3,4,5)/q+1;/p-1. The van der Waals surface area contributed by atoms with Crippen LogP contribution in [0.2, 0.25) is 0 Å². The third kappa shape index (κ3) is 7.24. The van der Waals surface area contributed by atoms with Gasteiger partial charge in [0.25, 0.3) is 0 Å². The lowest BCUT2D eigenvalue weighted by Crippen LogP contribution is -2.68. The lowest BCUT2D eigenvalue weighted by atomic mass is 10.1. The predicted molar refractivity (Wildman–Crippen MR) is 42.0 cm³/mol. The topological polar surface area (TPSA) is 104 Å². The first-order valence-corrected chi connectivity index (χ1v) is 5.47. The van der Waals surface area contributed by atoms with Gasteiger partial charge >= 0.3 is 12.0 Å². The van der Waals surface area contributed by atoms with Gasteiger partial charge in [-0.2, -0.15) is 0 Å². The molecule has 0 aromatic carbocycles. The Kier molecular flexibility index (Phi) is 5.71. The monoisotopic (exact) mass is 236 g/mol. The first-order chi connectivity index (χ1) is 6.75. The molecule has 0 fully saturated rings. The lowest BCUT2D eigenvalue weighted by Gasteiger charge is -2.17. The fourth-order valence-electron chi connectivity index (χ4n) is 1.00. The quantitative estimate of drug-likeness (QED) is 0.524. The van der Waals surface area contributed by atoms with E-state index in [9.17, 15) is 0 Å². The van der Waals surface area contributed by atoms with Crippen molar-refractivity contribution in [1.29, 1.82) is 0 Å². The molecule has 1 rings (SSSR count). The summed E-state index contributed by atoms with van der Waals surface area (Å²) in [6.07, 6.45) is 2.73. The molecule has 0 radical (unpaired) electrons. The van der Waals surface area contributed by atoms with Gasteiger partial charge in [-0.3, -0.25) is 0 Å². The molecular formula is C9H13ClO5. The molecule has 0 bridgehead atoms. The molecule has 1 aromatic rings. The Labute approximate surface area is 90.3 Å². The Balaban J connectivity index is 0.000000336. The van der Waals surface area contributed by atoms with E-state index in [1.807, 2.05) is 6.07 Å². The summed E-state index contributed by atoms with van der Waals surface area (Å²) in [5, 5.41) is 0. The Hall–Kier alpha value is -0.720. The van der Waals surface area contributed by atoms with Crippen LogP contribution in [0.1, 0.15) is 23.8 Å².